The number of aromatic nitrogens is 2. The molecule has 28 heavy (non-hydrogen) atoms. The largest absolute Gasteiger partial charge is 0.495 e. The van der Waals surface area contributed by atoms with Crippen molar-refractivity contribution < 1.29 is 17.6 Å². The molecule has 1 fully saturated rings. The lowest BCUT2D eigenvalue weighted by atomic mass is 9.94. The molecule has 3 aromatic rings. The first-order valence-corrected chi connectivity index (χ1v) is 10.7. The predicted molar refractivity (Wildman–Crippen MR) is 105 cm³/mol. The van der Waals surface area contributed by atoms with Gasteiger partial charge in [0.1, 0.15) is 16.3 Å². The van der Waals surface area contributed by atoms with Crippen LogP contribution in [-0.4, -0.2) is 43.1 Å². The highest BCUT2D eigenvalue weighted by Crippen LogP contribution is 2.34. The van der Waals surface area contributed by atoms with Gasteiger partial charge in [0, 0.05) is 29.7 Å². The molecule has 1 saturated heterocycles. The predicted octanol–water partition coefficient (Wildman–Crippen LogP) is 3.90. The minimum Gasteiger partial charge on any atom is -0.495 e. The standard InChI is InChI=1S/C19H20ClN3O4S/c1-26-18-5-4-14(20)11-19(18)28(24,25)23-8-6-13(7-9-23)15-12-16(22-21-15)17-3-2-10-27-17/h2-5,10-13H,6-9H2,1H3,(H,21,22). The van der Waals surface area contributed by atoms with Gasteiger partial charge in [-0.2, -0.15) is 9.40 Å². The summed E-state index contributed by atoms with van der Waals surface area (Å²) in [4.78, 5) is 0.0996. The fraction of sp³-hybridized carbons (Fsp3) is 0.316. The lowest BCUT2D eigenvalue weighted by Crippen LogP contribution is -2.38. The number of nitrogens with one attached hydrogen (secondary N) is 1. The Hall–Kier alpha value is -2.29. The zero-order chi connectivity index (χ0) is 19.7. The lowest BCUT2D eigenvalue weighted by Gasteiger charge is -2.31. The molecule has 4 rings (SSSR count). The molecule has 0 saturated carbocycles. The van der Waals surface area contributed by atoms with Crippen LogP contribution in [0.4, 0.5) is 0 Å². The Balaban J connectivity index is 1.49. The van der Waals surface area contributed by atoms with E-state index in [1.165, 1.54) is 17.5 Å². The van der Waals surface area contributed by atoms with Gasteiger partial charge in [0.15, 0.2) is 5.76 Å². The maximum absolute atomic E-state index is 13.1. The highest BCUT2D eigenvalue weighted by molar-refractivity contribution is 7.89. The number of aromatic amines is 1. The molecule has 0 atom stereocenters. The smallest absolute Gasteiger partial charge is 0.246 e. The van der Waals surface area contributed by atoms with Crippen molar-refractivity contribution in [2.75, 3.05) is 20.2 Å². The van der Waals surface area contributed by atoms with Gasteiger partial charge in [0.2, 0.25) is 10.0 Å². The molecule has 1 aliphatic rings. The van der Waals surface area contributed by atoms with Gasteiger partial charge in [-0.3, -0.25) is 5.10 Å². The Kier molecular flexibility index (Phi) is 5.18. The molecule has 0 aliphatic carbocycles. The molecule has 9 heteroatoms. The highest BCUT2D eigenvalue weighted by atomic mass is 35.5. The molecule has 1 N–H and O–H groups in total. The zero-order valence-corrected chi connectivity index (χ0v) is 16.8. The van der Waals surface area contributed by atoms with Crippen LogP contribution in [0.3, 0.4) is 0 Å². The topological polar surface area (TPSA) is 88.4 Å². The van der Waals surface area contributed by atoms with E-state index < -0.39 is 10.0 Å². The molecular weight excluding hydrogens is 402 g/mol. The Bertz CT molecular complexity index is 1050. The molecule has 148 valence electrons. The summed E-state index contributed by atoms with van der Waals surface area (Å²) in [6.45, 7) is 0.829. The molecule has 0 spiro atoms. The van der Waals surface area contributed by atoms with Crippen LogP contribution in [0.1, 0.15) is 24.5 Å². The molecule has 0 amide bonds. The van der Waals surface area contributed by atoms with Gasteiger partial charge in [-0.05, 0) is 49.2 Å². The number of H-pyrrole nitrogens is 1. The summed E-state index contributed by atoms with van der Waals surface area (Å²) in [6, 6.07) is 10.3. The van der Waals surface area contributed by atoms with Crippen molar-refractivity contribution in [3.05, 3.63) is 53.4 Å². The second-order valence-electron chi connectivity index (χ2n) is 6.66. The number of piperidine rings is 1. The third kappa shape index (κ3) is 3.55. The van der Waals surface area contributed by atoms with Crippen LogP contribution in [0.25, 0.3) is 11.5 Å². The summed E-state index contributed by atoms with van der Waals surface area (Å²) >= 11 is 6.01. The average molecular weight is 422 g/mol. The Labute approximate surface area is 168 Å². The second-order valence-corrected chi connectivity index (χ2v) is 9.00. The summed E-state index contributed by atoms with van der Waals surface area (Å²) in [5, 5.41) is 7.72. The van der Waals surface area contributed by atoms with Crippen LogP contribution in [0, 0.1) is 0 Å². The van der Waals surface area contributed by atoms with Gasteiger partial charge in [-0.25, -0.2) is 8.42 Å². The first-order valence-electron chi connectivity index (χ1n) is 8.92. The van der Waals surface area contributed by atoms with E-state index in [1.54, 1.807) is 18.4 Å². The summed E-state index contributed by atoms with van der Waals surface area (Å²) in [6.07, 6.45) is 3.00. The van der Waals surface area contributed by atoms with E-state index >= 15 is 0 Å². The molecule has 0 bridgehead atoms. The number of halogens is 1. The van der Waals surface area contributed by atoms with Gasteiger partial charge >= 0.3 is 0 Å². The normalized spacial score (nSPS) is 16.4. The Morgan fingerprint density at radius 1 is 1.25 bits per heavy atom. The van der Waals surface area contributed by atoms with Gasteiger partial charge in [-0.1, -0.05) is 11.6 Å². The van der Waals surface area contributed by atoms with E-state index in [-0.39, 0.29) is 10.8 Å². The van der Waals surface area contributed by atoms with Gasteiger partial charge in [0.25, 0.3) is 0 Å². The van der Waals surface area contributed by atoms with E-state index in [4.69, 9.17) is 20.8 Å². The fourth-order valence-electron chi connectivity index (χ4n) is 3.49. The van der Waals surface area contributed by atoms with Crippen LogP contribution in [0.2, 0.25) is 5.02 Å². The minimum absolute atomic E-state index is 0.0996. The summed E-state index contributed by atoms with van der Waals surface area (Å²) in [5.41, 5.74) is 1.74. The number of furan rings is 1. The number of hydrogen-bond acceptors (Lipinski definition) is 5. The summed E-state index contributed by atoms with van der Waals surface area (Å²) < 4.78 is 38.2. The van der Waals surface area contributed by atoms with Crippen LogP contribution < -0.4 is 4.74 Å². The maximum atomic E-state index is 13.1. The molecule has 1 aliphatic heterocycles. The molecule has 0 radical (unpaired) electrons. The molecule has 0 unspecified atom stereocenters. The Morgan fingerprint density at radius 3 is 2.71 bits per heavy atom. The van der Waals surface area contributed by atoms with Crippen LogP contribution >= 0.6 is 11.6 Å². The Morgan fingerprint density at radius 2 is 2.04 bits per heavy atom. The van der Waals surface area contributed by atoms with Crippen LogP contribution in [0.5, 0.6) is 5.75 Å². The molecule has 7 nitrogen and oxygen atoms in total. The number of methoxy groups -OCH3 is 1. The van der Waals surface area contributed by atoms with Gasteiger partial charge in [0.05, 0.1) is 13.4 Å². The van der Waals surface area contributed by atoms with Crippen LogP contribution in [-0.2, 0) is 10.0 Å². The highest BCUT2D eigenvalue weighted by Gasteiger charge is 2.32. The quantitative estimate of drug-likeness (QED) is 0.674. The number of sulfonamides is 1. The number of benzene rings is 1. The molecule has 1 aromatic carbocycles. The fourth-order valence-corrected chi connectivity index (χ4v) is 5.38. The van der Waals surface area contributed by atoms with Crippen molar-refractivity contribution in [2.24, 2.45) is 0 Å². The number of nitrogens with zero attached hydrogens (tertiary/aromatic N) is 2. The SMILES string of the molecule is COc1ccc(Cl)cc1S(=O)(=O)N1CCC(c2cc(-c3ccco3)n[nH]2)CC1. The third-order valence-electron chi connectivity index (χ3n) is 5.01. The van der Waals surface area contributed by atoms with Crippen LogP contribution in [0.15, 0.2) is 52.0 Å². The maximum Gasteiger partial charge on any atom is 0.246 e. The van der Waals surface area contributed by atoms with E-state index in [2.05, 4.69) is 10.2 Å². The third-order valence-corrected chi connectivity index (χ3v) is 7.16. The lowest BCUT2D eigenvalue weighted by molar-refractivity contribution is 0.314. The number of hydrogen-bond donors (Lipinski definition) is 1. The van der Waals surface area contributed by atoms with E-state index in [9.17, 15) is 8.42 Å². The number of rotatable bonds is 5. The van der Waals surface area contributed by atoms with E-state index in [0.29, 0.717) is 42.5 Å². The first kappa shape index (κ1) is 19.0. The van der Waals surface area contributed by atoms with Gasteiger partial charge in [-0.15, -0.1) is 0 Å². The van der Waals surface area contributed by atoms with Crippen molar-refractivity contribution in [1.29, 1.82) is 0 Å². The van der Waals surface area contributed by atoms with Crippen molar-refractivity contribution in [3.8, 4) is 17.2 Å². The van der Waals surface area contributed by atoms with Crippen molar-refractivity contribution in [3.63, 3.8) is 0 Å². The zero-order valence-electron chi connectivity index (χ0n) is 15.3. The first-order chi connectivity index (χ1) is 13.5. The molecular formula is C19H20ClN3O4S. The summed E-state index contributed by atoms with van der Waals surface area (Å²) in [7, 11) is -2.23. The van der Waals surface area contributed by atoms with Crippen molar-refractivity contribution in [2.45, 2.75) is 23.7 Å². The number of ether oxygens (including phenoxy) is 1. The van der Waals surface area contributed by atoms with Crippen molar-refractivity contribution in [1.82, 2.24) is 14.5 Å². The summed E-state index contributed by atoms with van der Waals surface area (Å²) in [5.74, 6) is 1.21. The second kappa shape index (κ2) is 7.62. The van der Waals surface area contributed by atoms with E-state index in [1.807, 2.05) is 18.2 Å². The molecule has 3 heterocycles. The van der Waals surface area contributed by atoms with E-state index in [0.717, 1.165) is 11.4 Å². The minimum atomic E-state index is -3.68. The van der Waals surface area contributed by atoms with Gasteiger partial charge < -0.3 is 9.15 Å². The monoisotopic (exact) mass is 421 g/mol. The molecule has 2 aromatic heterocycles. The average Bonchev–Trinajstić information content (AvgIpc) is 3.40. The van der Waals surface area contributed by atoms with Crippen molar-refractivity contribution >= 4 is 21.6 Å².